The van der Waals surface area contributed by atoms with Crippen molar-refractivity contribution in [2.75, 3.05) is 7.11 Å². The van der Waals surface area contributed by atoms with Crippen LogP contribution in [0.15, 0.2) is 59.8 Å². The van der Waals surface area contributed by atoms with Gasteiger partial charge in [0.05, 0.1) is 18.9 Å². The fourth-order valence-electron chi connectivity index (χ4n) is 2.42. The van der Waals surface area contributed by atoms with Crippen LogP contribution in [-0.4, -0.2) is 38.5 Å². The summed E-state index contributed by atoms with van der Waals surface area (Å²) in [7, 11) is 1.63. The van der Waals surface area contributed by atoms with E-state index < -0.39 is 0 Å². The monoisotopic (exact) mass is 383 g/mol. The summed E-state index contributed by atoms with van der Waals surface area (Å²) in [6, 6.07) is 17.5. The average Bonchev–Trinajstić information content (AvgIpc) is 3.14. The van der Waals surface area contributed by atoms with Gasteiger partial charge in [0.2, 0.25) is 11.1 Å². The number of nitrogens with one attached hydrogen (secondary N) is 1. The minimum absolute atomic E-state index is 0.0529. The molecule has 0 spiro atoms. The van der Waals surface area contributed by atoms with Crippen LogP contribution in [0.5, 0.6) is 5.75 Å². The Balaban J connectivity index is 1.57. The highest BCUT2D eigenvalue weighted by Crippen LogP contribution is 2.21. The molecule has 140 valence electrons. The molecule has 1 N–H and O–H groups in total. The predicted molar refractivity (Wildman–Crippen MR) is 104 cm³/mol. The molecular formula is C19H21N5O2S. The summed E-state index contributed by atoms with van der Waals surface area (Å²) in [5.41, 5.74) is 2.11. The second kappa shape index (κ2) is 9.18. The van der Waals surface area contributed by atoms with Gasteiger partial charge in [-0.05, 0) is 40.6 Å². The highest BCUT2D eigenvalue weighted by molar-refractivity contribution is 8.00. The summed E-state index contributed by atoms with van der Waals surface area (Å²) in [6.45, 7) is 2.87. The normalized spacial score (nSPS) is 11.8. The predicted octanol–water partition coefficient (Wildman–Crippen LogP) is 2.53. The third-order valence-electron chi connectivity index (χ3n) is 3.95. The van der Waals surface area contributed by atoms with E-state index in [9.17, 15) is 4.79 Å². The number of methoxy groups -OCH3 is 1. The van der Waals surface area contributed by atoms with Crippen molar-refractivity contribution >= 4 is 17.7 Å². The number of carbonyl (C=O) groups excluding carboxylic acids is 1. The van der Waals surface area contributed by atoms with Gasteiger partial charge in [-0.25, -0.2) is 4.68 Å². The number of hydrogen-bond acceptors (Lipinski definition) is 6. The largest absolute Gasteiger partial charge is 0.497 e. The van der Waals surface area contributed by atoms with Gasteiger partial charge in [0.1, 0.15) is 5.75 Å². The van der Waals surface area contributed by atoms with Gasteiger partial charge in [0.15, 0.2) is 0 Å². The molecule has 1 aromatic heterocycles. The SMILES string of the molecule is COc1ccc(Cn2nnnc2SC(C)C(=O)NCc2ccccc2)cc1. The molecule has 2 aromatic carbocycles. The number of tetrazole rings is 1. The fourth-order valence-corrected chi connectivity index (χ4v) is 3.24. The molecule has 0 radical (unpaired) electrons. The number of ether oxygens (including phenoxy) is 1. The van der Waals surface area contributed by atoms with Crippen LogP contribution in [0.3, 0.4) is 0 Å². The maximum atomic E-state index is 12.4. The molecule has 1 heterocycles. The molecule has 1 amide bonds. The van der Waals surface area contributed by atoms with E-state index in [-0.39, 0.29) is 11.2 Å². The van der Waals surface area contributed by atoms with Gasteiger partial charge in [-0.2, -0.15) is 0 Å². The van der Waals surface area contributed by atoms with E-state index in [1.54, 1.807) is 11.8 Å². The lowest BCUT2D eigenvalue weighted by Gasteiger charge is -2.12. The van der Waals surface area contributed by atoms with Crippen LogP contribution in [0.4, 0.5) is 0 Å². The van der Waals surface area contributed by atoms with E-state index in [0.29, 0.717) is 18.2 Å². The molecule has 7 nitrogen and oxygen atoms in total. The minimum atomic E-state index is -0.311. The number of carbonyl (C=O) groups is 1. The number of hydrogen-bond donors (Lipinski definition) is 1. The second-order valence-corrected chi connectivity index (χ2v) is 7.24. The lowest BCUT2D eigenvalue weighted by atomic mass is 10.2. The zero-order chi connectivity index (χ0) is 19.1. The summed E-state index contributed by atoms with van der Waals surface area (Å²) in [5.74, 6) is 0.747. The first-order valence-electron chi connectivity index (χ1n) is 8.53. The van der Waals surface area contributed by atoms with Crippen molar-refractivity contribution in [2.45, 2.75) is 30.4 Å². The molecule has 0 saturated heterocycles. The number of nitrogens with zero attached hydrogens (tertiary/aromatic N) is 4. The van der Waals surface area contributed by atoms with Gasteiger partial charge in [0.25, 0.3) is 0 Å². The van der Waals surface area contributed by atoms with E-state index in [2.05, 4.69) is 20.8 Å². The van der Waals surface area contributed by atoms with Crippen molar-refractivity contribution in [3.05, 3.63) is 65.7 Å². The van der Waals surface area contributed by atoms with Crippen LogP contribution in [0.2, 0.25) is 0 Å². The number of amides is 1. The summed E-state index contributed by atoms with van der Waals surface area (Å²) in [5, 5.41) is 15.1. The van der Waals surface area contributed by atoms with Crippen molar-refractivity contribution in [1.82, 2.24) is 25.5 Å². The van der Waals surface area contributed by atoms with Crippen LogP contribution in [0.25, 0.3) is 0 Å². The molecule has 3 rings (SSSR count). The molecule has 0 aliphatic rings. The standard InChI is InChI=1S/C19H21N5O2S/c1-14(18(25)20-12-15-6-4-3-5-7-15)27-19-21-22-23-24(19)13-16-8-10-17(26-2)11-9-16/h3-11,14H,12-13H2,1-2H3,(H,20,25). The smallest absolute Gasteiger partial charge is 0.233 e. The molecule has 0 aliphatic heterocycles. The van der Waals surface area contributed by atoms with Crippen LogP contribution in [0, 0.1) is 0 Å². The molecule has 3 aromatic rings. The van der Waals surface area contributed by atoms with Gasteiger partial charge >= 0.3 is 0 Å². The first kappa shape index (κ1) is 18.9. The number of rotatable bonds is 8. The molecule has 8 heteroatoms. The van der Waals surface area contributed by atoms with Gasteiger partial charge in [-0.1, -0.05) is 54.2 Å². The summed E-state index contributed by atoms with van der Waals surface area (Å²) >= 11 is 1.34. The Labute approximate surface area is 162 Å². The van der Waals surface area contributed by atoms with Crippen LogP contribution >= 0.6 is 11.8 Å². The Bertz CT molecular complexity index is 867. The lowest BCUT2D eigenvalue weighted by Crippen LogP contribution is -2.30. The Morgan fingerprint density at radius 1 is 1.15 bits per heavy atom. The average molecular weight is 383 g/mol. The number of benzene rings is 2. The Morgan fingerprint density at radius 3 is 2.59 bits per heavy atom. The van der Waals surface area contributed by atoms with E-state index in [4.69, 9.17) is 4.74 Å². The molecule has 1 unspecified atom stereocenters. The van der Waals surface area contributed by atoms with Gasteiger partial charge < -0.3 is 10.1 Å². The van der Waals surface area contributed by atoms with Crippen molar-refractivity contribution in [1.29, 1.82) is 0 Å². The highest BCUT2D eigenvalue weighted by Gasteiger charge is 2.18. The first-order valence-corrected chi connectivity index (χ1v) is 9.41. The summed E-state index contributed by atoms with van der Waals surface area (Å²) in [4.78, 5) is 12.4. The van der Waals surface area contributed by atoms with Crippen molar-refractivity contribution < 1.29 is 9.53 Å². The summed E-state index contributed by atoms with van der Waals surface area (Å²) < 4.78 is 6.85. The third kappa shape index (κ3) is 5.30. The summed E-state index contributed by atoms with van der Waals surface area (Å²) in [6.07, 6.45) is 0. The molecule has 27 heavy (non-hydrogen) atoms. The van der Waals surface area contributed by atoms with Crippen molar-refractivity contribution in [3.8, 4) is 5.75 Å². The van der Waals surface area contributed by atoms with Crippen LogP contribution in [-0.2, 0) is 17.9 Å². The molecular weight excluding hydrogens is 362 g/mol. The van der Waals surface area contributed by atoms with Gasteiger partial charge in [0, 0.05) is 6.54 Å². The molecule has 1 atom stereocenters. The zero-order valence-corrected chi connectivity index (χ0v) is 16.0. The molecule has 0 saturated carbocycles. The van der Waals surface area contributed by atoms with Crippen molar-refractivity contribution in [3.63, 3.8) is 0 Å². The van der Waals surface area contributed by atoms with Crippen molar-refractivity contribution in [2.24, 2.45) is 0 Å². The Hall–Kier alpha value is -2.87. The highest BCUT2D eigenvalue weighted by atomic mass is 32.2. The topological polar surface area (TPSA) is 81.9 Å². The maximum absolute atomic E-state index is 12.4. The Kier molecular flexibility index (Phi) is 6.43. The van der Waals surface area contributed by atoms with Crippen LogP contribution < -0.4 is 10.1 Å². The van der Waals surface area contributed by atoms with Crippen LogP contribution in [0.1, 0.15) is 18.1 Å². The fraction of sp³-hybridized carbons (Fsp3) is 0.263. The number of aromatic nitrogens is 4. The molecule has 0 fully saturated rings. The molecule has 0 aliphatic carbocycles. The quantitative estimate of drug-likeness (QED) is 0.602. The van der Waals surface area contributed by atoms with E-state index in [0.717, 1.165) is 16.9 Å². The second-order valence-electron chi connectivity index (χ2n) is 5.93. The first-order chi connectivity index (χ1) is 13.2. The lowest BCUT2D eigenvalue weighted by molar-refractivity contribution is -0.120. The zero-order valence-electron chi connectivity index (χ0n) is 15.2. The van der Waals surface area contributed by atoms with E-state index in [1.807, 2.05) is 61.5 Å². The number of thioether (sulfide) groups is 1. The van der Waals surface area contributed by atoms with Gasteiger partial charge in [-0.15, -0.1) is 5.10 Å². The van der Waals surface area contributed by atoms with E-state index in [1.165, 1.54) is 11.8 Å². The third-order valence-corrected chi connectivity index (χ3v) is 5.02. The van der Waals surface area contributed by atoms with E-state index >= 15 is 0 Å². The minimum Gasteiger partial charge on any atom is -0.497 e. The Morgan fingerprint density at radius 2 is 1.89 bits per heavy atom. The van der Waals surface area contributed by atoms with Gasteiger partial charge in [-0.3, -0.25) is 4.79 Å². The molecule has 0 bridgehead atoms. The maximum Gasteiger partial charge on any atom is 0.233 e.